The third-order valence-electron chi connectivity index (χ3n) is 6.56. The van der Waals surface area contributed by atoms with Gasteiger partial charge in [0.15, 0.2) is 0 Å². The van der Waals surface area contributed by atoms with Gasteiger partial charge in [-0.15, -0.1) is 11.3 Å². The van der Waals surface area contributed by atoms with Crippen LogP contribution in [0.5, 0.6) is 0 Å². The minimum absolute atomic E-state index is 0.139. The highest BCUT2D eigenvalue weighted by Crippen LogP contribution is 2.35. The normalized spacial score (nSPS) is 18.3. The van der Waals surface area contributed by atoms with E-state index in [1.165, 1.54) is 16.0 Å². The number of hydrogen-bond donors (Lipinski definition) is 0. The molecule has 5 nitrogen and oxygen atoms in total. The SMILES string of the molecule is Cc1ccc2nc(-c3ccc(N4C(=O)CC(N5CCCc6ccccc65)C4=O)cc3)sc2c1. The Bertz CT molecular complexity index is 1390. The molecular formula is C27H23N3O2S. The van der Waals surface area contributed by atoms with Crippen LogP contribution in [0.25, 0.3) is 20.8 Å². The van der Waals surface area contributed by atoms with E-state index in [9.17, 15) is 9.59 Å². The lowest BCUT2D eigenvalue weighted by molar-refractivity contribution is -0.121. The van der Waals surface area contributed by atoms with Gasteiger partial charge in [-0.05, 0) is 73.4 Å². The van der Waals surface area contributed by atoms with Gasteiger partial charge in [0, 0.05) is 17.8 Å². The number of thiazole rings is 1. The summed E-state index contributed by atoms with van der Waals surface area (Å²) in [6.07, 6.45) is 2.22. The van der Waals surface area contributed by atoms with E-state index in [2.05, 4.69) is 36.1 Å². The summed E-state index contributed by atoms with van der Waals surface area (Å²) in [5, 5.41) is 0.934. The van der Waals surface area contributed by atoms with E-state index in [-0.39, 0.29) is 18.2 Å². The molecule has 0 aliphatic carbocycles. The van der Waals surface area contributed by atoms with Gasteiger partial charge in [-0.3, -0.25) is 9.59 Å². The molecule has 0 bridgehead atoms. The molecule has 6 rings (SSSR count). The molecule has 0 spiro atoms. The largest absolute Gasteiger partial charge is 0.359 e. The van der Waals surface area contributed by atoms with E-state index in [1.54, 1.807) is 11.3 Å². The summed E-state index contributed by atoms with van der Waals surface area (Å²) in [4.78, 5) is 34.5. The summed E-state index contributed by atoms with van der Waals surface area (Å²) in [6.45, 7) is 2.87. The maximum atomic E-state index is 13.4. The van der Waals surface area contributed by atoms with Gasteiger partial charge in [-0.2, -0.15) is 0 Å². The average Bonchev–Trinajstić information content (AvgIpc) is 3.38. The Morgan fingerprint density at radius 2 is 1.82 bits per heavy atom. The molecule has 6 heteroatoms. The zero-order chi connectivity index (χ0) is 22.5. The van der Waals surface area contributed by atoms with Crippen LogP contribution in [0, 0.1) is 6.92 Å². The predicted molar refractivity (Wildman–Crippen MR) is 133 cm³/mol. The number of carbonyl (C=O) groups is 2. The number of anilines is 2. The second kappa shape index (κ2) is 7.81. The van der Waals surface area contributed by atoms with E-state index >= 15 is 0 Å². The van der Waals surface area contributed by atoms with Crippen LogP contribution in [0.2, 0.25) is 0 Å². The Morgan fingerprint density at radius 3 is 2.67 bits per heavy atom. The van der Waals surface area contributed by atoms with Gasteiger partial charge in [0.1, 0.15) is 11.0 Å². The summed E-state index contributed by atoms with van der Waals surface area (Å²) in [7, 11) is 0. The molecule has 1 fully saturated rings. The van der Waals surface area contributed by atoms with Crippen molar-refractivity contribution in [3.8, 4) is 10.6 Å². The summed E-state index contributed by atoms with van der Waals surface area (Å²) in [5.74, 6) is -0.281. The van der Waals surface area contributed by atoms with Crippen molar-refractivity contribution >= 4 is 44.7 Å². The van der Waals surface area contributed by atoms with Gasteiger partial charge >= 0.3 is 0 Å². The summed E-state index contributed by atoms with van der Waals surface area (Å²) < 4.78 is 1.16. The minimum Gasteiger partial charge on any atom is -0.359 e. The number of amides is 2. The Labute approximate surface area is 196 Å². The van der Waals surface area contributed by atoms with Crippen molar-refractivity contribution in [2.24, 2.45) is 0 Å². The van der Waals surface area contributed by atoms with Crippen LogP contribution in [0.1, 0.15) is 24.0 Å². The standard InChI is InChI=1S/C27H23N3O2S/c1-17-8-13-21-24(15-17)33-26(28-21)19-9-11-20(12-10-19)30-25(31)16-23(27(30)32)29-14-4-6-18-5-2-3-7-22(18)29/h2-3,5,7-13,15,23H,4,6,14,16H2,1H3. The Morgan fingerprint density at radius 1 is 1.00 bits per heavy atom. The highest BCUT2D eigenvalue weighted by molar-refractivity contribution is 7.21. The minimum atomic E-state index is -0.439. The van der Waals surface area contributed by atoms with Gasteiger partial charge < -0.3 is 4.90 Å². The maximum absolute atomic E-state index is 13.4. The number of aromatic nitrogens is 1. The van der Waals surface area contributed by atoms with E-state index in [0.29, 0.717) is 5.69 Å². The molecule has 2 aliphatic heterocycles. The van der Waals surface area contributed by atoms with Gasteiger partial charge in [-0.1, -0.05) is 24.3 Å². The van der Waals surface area contributed by atoms with Crippen molar-refractivity contribution < 1.29 is 9.59 Å². The summed E-state index contributed by atoms with van der Waals surface area (Å²) >= 11 is 1.65. The topological polar surface area (TPSA) is 53.5 Å². The van der Waals surface area contributed by atoms with Crippen molar-refractivity contribution in [1.29, 1.82) is 0 Å². The molecule has 164 valence electrons. The van der Waals surface area contributed by atoms with Gasteiger partial charge in [0.25, 0.3) is 5.91 Å². The number of hydrogen-bond acceptors (Lipinski definition) is 5. The molecule has 1 atom stereocenters. The summed E-state index contributed by atoms with van der Waals surface area (Å²) in [5.41, 5.74) is 6.14. The first-order valence-electron chi connectivity index (χ1n) is 11.3. The number of imide groups is 1. The summed E-state index contributed by atoms with van der Waals surface area (Å²) in [6, 6.07) is 21.6. The maximum Gasteiger partial charge on any atom is 0.256 e. The highest BCUT2D eigenvalue weighted by atomic mass is 32.1. The van der Waals surface area contributed by atoms with Crippen LogP contribution in [0.3, 0.4) is 0 Å². The molecule has 1 aromatic heterocycles. The number of fused-ring (bicyclic) bond motifs is 2. The number of benzene rings is 3. The first kappa shape index (κ1) is 20.1. The third-order valence-corrected chi connectivity index (χ3v) is 7.63. The molecule has 2 amide bonds. The number of carbonyl (C=O) groups excluding carboxylic acids is 2. The predicted octanol–water partition coefficient (Wildman–Crippen LogP) is 5.36. The van der Waals surface area contributed by atoms with Crippen LogP contribution in [0.15, 0.2) is 66.7 Å². The molecule has 4 aromatic rings. The second-order valence-electron chi connectivity index (χ2n) is 8.75. The molecule has 0 radical (unpaired) electrons. The monoisotopic (exact) mass is 453 g/mol. The lowest BCUT2D eigenvalue weighted by Crippen LogP contribution is -2.44. The van der Waals surface area contributed by atoms with Crippen molar-refractivity contribution in [3.63, 3.8) is 0 Å². The van der Waals surface area contributed by atoms with Crippen molar-refractivity contribution in [2.45, 2.75) is 32.2 Å². The zero-order valence-electron chi connectivity index (χ0n) is 18.3. The smallest absolute Gasteiger partial charge is 0.256 e. The van der Waals surface area contributed by atoms with Crippen molar-refractivity contribution in [2.75, 3.05) is 16.3 Å². The highest BCUT2D eigenvalue weighted by Gasteiger charge is 2.43. The number of rotatable bonds is 3. The molecule has 1 unspecified atom stereocenters. The van der Waals surface area contributed by atoms with Gasteiger partial charge in [0.2, 0.25) is 5.91 Å². The fourth-order valence-electron chi connectivity index (χ4n) is 4.93. The molecule has 1 saturated heterocycles. The fraction of sp³-hybridized carbons (Fsp3) is 0.222. The molecule has 3 heterocycles. The van der Waals surface area contributed by atoms with E-state index in [1.807, 2.05) is 42.5 Å². The molecule has 0 N–H and O–H groups in total. The average molecular weight is 454 g/mol. The van der Waals surface area contributed by atoms with Crippen LogP contribution in [-0.4, -0.2) is 29.4 Å². The second-order valence-corrected chi connectivity index (χ2v) is 9.78. The van der Waals surface area contributed by atoms with Gasteiger partial charge in [-0.25, -0.2) is 9.88 Å². The Hall–Kier alpha value is -3.51. The van der Waals surface area contributed by atoms with Crippen LogP contribution in [-0.2, 0) is 16.0 Å². The zero-order valence-corrected chi connectivity index (χ0v) is 19.1. The molecule has 3 aromatic carbocycles. The quantitative estimate of drug-likeness (QED) is 0.392. The van der Waals surface area contributed by atoms with Crippen LogP contribution >= 0.6 is 11.3 Å². The van der Waals surface area contributed by atoms with Crippen molar-refractivity contribution in [1.82, 2.24) is 4.98 Å². The van der Waals surface area contributed by atoms with Gasteiger partial charge in [0.05, 0.1) is 22.3 Å². The van der Waals surface area contributed by atoms with E-state index in [4.69, 9.17) is 4.98 Å². The molecule has 33 heavy (non-hydrogen) atoms. The molecule has 0 saturated carbocycles. The Kier molecular flexibility index (Phi) is 4.76. The number of para-hydroxylation sites is 1. The molecule has 2 aliphatic rings. The van der Waals surface area contributed by atoms with Crippen LogP contribution in [0.4, 0.5) is 11.4 Å². The van der Waals surface area contributed by atoms with E-state index in [0.717, 1.165) is 45.9 Å². The lowest BCUT2D eigenvalue weighted by atomic mass is 9.99. The first-order chi connectivity index (χ1) is 16.1. The van der Waals surface area contributed by atoms with E-state index < -0.39 is 6.04 Å². The third kappa shape index (κ3) is 3.42. The van der Waals surface area contributed by atoms with Crippen LogP contribution < -0.4 is 9.80 Å². The molecular weight excluding hydrogens is 430 g/mol. The first-order valence-corrected chi connectivity index (χ1v) is 12.1. The lowest BCUT2D eigenvalue weighted by Gasteiger charge is -2.34. The number of nitrogens with zero attached hydrogens (tertiary/aromatic N) is 3. The fourth-order valence-corrected chi connectivity index (χ4v) is 5.99. The Balaban J connectivity index is 1.27. The number of aryl methyl sites for hydroxylation is 2. The van der Waals surface area contributed by atoms with Crippen molar-refractivity contribution in [3.05, 3.63) is 77.9 Å².